The highest BCUT2D eigenvalue weighted by atomic mass is 35.5. The van der Waals surface area contributed by atoms with Crippen molar-refractivity contribution in [3.8, 4) is 11.5 Å². The number of carbonyl (C=O) groups is 1. The Bertz CT molecular complexity index is 2460. The van der Waals surface area contributed by atoms with Crippen molar-refractivity contribution in [2.75, 3.05) is 62.7 Å². The average Bonchev–Trinajstić information content (AvgIpc) is 3.79. The lowest BCUT2D eigenvalue weighted by atomic mass is 9.70. The van der Waals surface area contributed by atoms with Gasteiger partial charge in [-0.2, -0.15) is 0 Å². The van der Waals surface area contributed by atoms with Crippen LogP contribution in [0.2, 0.25) is 0 Å². The molecule has 0 bridgehead atoms. The normalized spacial score (nSPS) is 24.4. The number of alkyl halides is 1. The maximum absolute atomic E-state index is 13.9. The number of aromatic nitrogens is 2. The SMILES string of the molecule is CC1(C)CCC(CN2CCN(c3ccc(C(=O)NS(=O)(=O)c4ccc(NCC5CCOCC5)c([N+](=O)[O-])c4)c(Oc4cnc5[nH]ccc5c4)c3)CC2)=C(C2C[C@H](Cl)C3CC23)C1. The van der Waals surface area contributed by atoms with Crippen molar-refractivity contribution in [3.05, 3.63) is 87.7 Å². The van der Waals surface area contributed by atoms with Gasteiger partial charge < -0.3 is 24.7 Å². The highest BCUT2D eigenvalue weighted by molar-refractivity contribution is 7.90. The number of amides is 1. The number of nitrogens with zero attached hydrogens (tertiary/aromatic N) is 4. The molecular formula is C45H54ClN7O7S. The number of piperazine rings is 1. The first kappa shape index (κ1) is 41.6. The van der Waals surface area contributed by atoms with Gasteiger partial charge in [0.2, 0.25) is 0 Å². The van der Waals surface area contributed by atoms with Gasteiger partial charge in [-0.05, 0) is 110 Å². The number of fused-ring (bicyclic) bond motifs is 2. The lowest BCUT2D eigenvalue weighted by Crippen LogP contribution is -2.47. The van der Waals surface area contributed by atoms with E-state index in [-0.39, 0.29) is 22.9 Å². The molecule has 14 nitrogen and oxygen atoms in total. The summed E-state index contributed by atoms with van der Waals surface area (Å²) in [5, 5.41) is 16.3. The van der Waals surface area contributed by atoms with Gasteiger partial charge in [-0.25, -0.2) is 18.1 Å². The molecule has 2 aliphatic heterocycles. The number of rotatable bonds is 13. The van der Waals surface area contributed by atoms with E-state index in [1.807, 2.05) is 6.07 Å². The monoisotopic (exact) mass is 871 g/mol. The Morgan fingerprint density at radius 1 is 1.07 bits per heavy atom. The number of carbonyl (C=O) groups excluding carboxylic acids is 1. The van der Waals surface area contributed by atoms with E-state index in [9.17, 15) is 23.3 Å². The first-order valence-corrected chi connectivity index (χ1v) is 23.5. The third-order valence-corrected chi connectivity index (χ3v) is 15.4. The summed E-state index contributed by atoms with van der Waals surface area (Å²) in [4.78, 5) is 37.3. The summed E-state index contributed by atoms with van der Waals surface area (Å²) in [5.41, 5.74) is 4.91. The molecule has 9 rings (SSSR count). The van der Waals surface area contributed by atoms with Crippen molar-refractivity contribution in [1.29, 1.82) is 0 Å². The van der Waals surface area contributed by atoms with Crippen LogP contribution in [0.4, 0.5) is 17.1 Å². The van der Waals surface area contributed by atoms with Gasteiger partial charge in [0.05, 0.1) is 21.6 Å². The molecule has 61 heavy (non-hydrogen) atoms. The molecule has 2 aromatic carbocycles. The minimum Gasteiger partial charge on any atom is -0.455 e. The number of pyridine rings is 1. The number of allylic oxidation sites excluding steroid dienone is 1. The minimum absolute atomic E-state index is 0.0203. The molecule has 1 amide bonds. The molecule has 0 spiro atoms. The van der Waals surface area contributed by atoms with E-state index in [0.29, 0.717) is 53.8 Å². The molecular weight excluding hydrogens is 818 g/mol. The first-order valence-electron chi connectivity index (χ1n) is 21.5. The number of nitro groups is 1. The average molecular weight is 872 g/mol. The second-order valence-electron chi connectivity index (χ2n) is 18.3. The fourth-order valence-electron chi connectivity index (χ4n) is 10.00. The van der Waals surface area contributed by atoms with Gasteiger partial charge in [0.25, 0.3) is 21.6 Å². The summed E-state index contributed by atoms with van der Waals surface area (Å²) in [6, 6.07) is 12.4. The van der Waals surface area contributed by atoms with E-state index < -0.39 is 31.4 Å². The fraction of sp³-hybridized carbons (Fsp3) is 0.511. The van der Waals surface area contributed by atoms with Crippen LogP contribution >= 0.6 is 11.6 Å². The van der Waals surface area contributed by atoms with E-state index >= 15 is 0 Å². The van der Waals surface area contributed by atoms with Gasteiger partial charge in [0, 0.05) is 87.3 Å². The number of hydrogen-bond donors (Lipinski definition) is 3. The van der Waals surface area contributed by atoms with Crippen LogP contribution in [-0.2, 0) is 14.8 Å². The molecule has 16 heteroatoms. The molecule has 2 saturated carbocycles. The van der Waals surface area contributed by atoms with Crippen LogP contribution in [0.1, 0.15) is 69.2 Å². The molecule has 3 aliphatic carbocycles. The van der Waals surface area contributed by atoms with Crippen molar-refractivity contribution in [2.24, 2.45) is 29.1 Å². The predicted molar refractivity (Wildman–Crippen MR) is 235 cm³/mol. The molecule has 4 heterocycles. The van der Waals surface area contributed by atoms with Crippen molar-refractivity contribution in [1.82, 2.24) is 19.6 Å². The van der Waals surface area contributed by atoms with Crippen molar-refractivity contribution >= 4 is 55.6 Å². The van der Waals surface area contributed by atoms with Crippen LogP contribution in [0.25, 0.3) is 11.0 Å². The minimum atomic E-state index is -4.54. The number of benzene rings is 2. The van der Waals surface area contributed by atoms with Crippen LogP contribution in [0.15, 0.2) is 77.0 Å². The number of H-pyrrole nitrogens is 1. The number of nitrogens with one attached hydrogen (secondary N) is 3. The van der Waals surface area contributed by atoms with Crippen LogP contribution in [0.3, 0.4) is 0 Å². The summed E-state index contributed by atoms with van der Waals surface area (Å²) < 4.78 is 41.2. The highest BCUT2D eigenvalue weighted by Crippen LogP contribution is 2.61. The van der Waals surface area contributed by atoms with E-state index in [4.69, 9.17) is 21.1 Å². The van der Waals surface area contributed by atoms with Gasteiger partial charge in [0.1, 0.15) is 22.8 Å². The Balaban J connectivity index is 0.921. The van der Waals surface area contributed by atoms with Crippen molar-refractivity contribution in [2.45, 2.75) is 69.1 Å². The second-order valence-corrected chi connectivity index (χ2v) is 20.6. The van der Waals surface area contributed by atoms with Crippen LogP contribution in [-0.4, -0.2) is 92.0 Å². The second kappa shape index (κ2) is 16.9. The number of nitro benzene ring substituents is 1. The number of aromatic amines is 1. The number of hydrogen-bond acceptors (Lipinski definition) is 11. The Labute approximate surface area is 361 Å². The van der Waals surface area contributed by atoms with Gasteiger partial charge >= 0.3 is 0 Å². The van der Waals surface area contributed by atoms with E-state index in [2.05, 4.69) is 43.7 Å². The maximum atomic E-state index is 13.9. The lowest BCUT2D eigenvalue weighted by Gasteiger charge is -2.40. The van der Waals surface area contributed by atoms with Crippen molar-refractivity contribution in [3.63, 3.8) is 0 Å². The Kier molecular flexibility index (Phi) is 11.5. The summed E-state index contributed by atoms with van der Waals surface area (Å²) in [6.07, 6.45) is 10.9. The highest BCUT2D eigenvalue weighted by Gasteiger charge is 2.55. The van der Waals surface area contributed by atoms with Crippen LogP contribution < -0.4 is 19.7 Å². The lowest BCUT2D eigenvalue weighted by molar-refractivity contribution is -0.384. The van der Waals surface area contributed by atoms with Crippen LogP contribution in [0, 0.1) is 39.2 Å². The molecule has 2 saturated heterocycles. The standard InChI is InChI=1S/C45H54ClN7O7S/c1-45(2)11-7-30(38(24-45)36-23-39(46)37-22-35(36)37)27-51-13-15-52(16-14-51)31-3-5-34(42(20-31)60-32-19-29-8-12-47-43(29)49-26-32)44(54)50-61(57,58)33-4-6-40(41(21-33)53(55)56)48-25-28-9-17-59-18-10-28/h3-6,8,12,19-21,26,28,35-37,39,48H,7,9-11,13-18,22-25,27H2,1-2H3,(H,47,49)(H,50,54)/t35?,36?,37?,39-/m0/s1. The molecule has 4 atom stereocenters. The quantitative estimate of drug-likeness (QED) is 0.0513. The summed E-state index contributed by atoms with van der Waals surface area (Å²) in [7, 11) is -4.54. The fourth-order valence-corrected chi connectivity index (χ4v) is 11.5. The number of halogens is 1. The molecule has 4 fully saturated rings. The molecule has 3 N–H and O–H groups in total. The molecule has 5 aliphatic rings. The predicted octanol–water partition coefficient (Wildman–Crippen LogP) is 8.11. The topological polar surface area (TPSA) is 172 Å². The van der Waals surface area contributed by atoms with Crippen LogP contribution in [0.5, 0.6) is 11.5 Å². The number of sulfonamides is 1. The zero-order valence-electron chi connectivity index (χ0n) is 34.7. The first-order chi connectivity index (χ1) is 29.3. The zero-order chi connectivity index (χ0) is 42.5. The van der Waals surface area contributed by atoms with E-state index in [1.54, 1.807) is 41.6 Å². The van der Waals surface area contributed by atoms with E-state index in [0.717, 1.165) is 87.9 Å². The smallest absolute Gasteiger partial charge is 0.293 e. The third kappa shape index (κ3) is 9.11. The van der Waals surface area contributed by atoms with Gasteiger partial charge in [0.15, 0.2) is 0 Å². The van der Waals surface area contributed by atoms with Gasteiger partial charge in [-0.15, -0.1) is 11.6 Å². The molecule has 4 aromatic rings. The molecule has 0 radical (unpaired) electrons. The molecule has 3 unspecified atom stereocenters. The molecule has 2 aromatic heterocycles. The van der Waals surface area contributed by atoms with Crippen molar-refractivity contribution < 1.29 is 27.6 Å². The third-order valence-electron chi connectivity index (χ3n) is 13.6. The Morgan fingerprint density at radius 2 is 1.87 bits per heavy atom. The van der Waals surface area contributed by atoms with Gasteiger partial charge in [-0.3, -0.25) is 19.8 Å². The zero-order valence-corrected chi connectivity index (χ0v) is 36.3. The Hall–Kier alpha value is -4.70. The van der Waals surface area contributed by atoms with Gasteiger partial charge in [-0.1, -0.05) is 25.0 Å². The van der Waals surface area contributed by atoms with E-state index in [1.165, 1.54) is 31.2 Å². The molecule has 324 valence electrons. The Morgan fingerprint density at radius 3 is 2.61 bits per heavy atom. The maximum Gasteiger partial charge on any atom is 0.293 e. The number of ether oxygens (including phenoxy) is 2. The summed E-state index contributed by atoms with van der Waals surface area (Å²) in [5.74, 6) is 1.96. The largest absolute Gasteiger partial charge is 0.455 e. The summed E-state index contributed by atoms with van der Waals surface area (Å²) in [6.45, 7) is 10.8. The number of anilines is 2. The summed E-state index contributed by atoms with van der Waals surface area (Å²) >= 11 is 6.78.